The molecule has 1 aliphatic rings. The first kappa shape index (κ1) is 19.2. The number of benzene rings is 2. The van der Waals surface area contributed by atoms with E-state index in [1.54, 1.807) is 49.6 Å². The molecule has 0 aliphatic heterocycles. The van der Waals surface area contributed by atoms with Crippen molar-refractivity contribution in [3.05, 3.63) is 65.7 Å². The molecule has 0 heterocycles. The van der Waals surface area contributed by atoms with Crippen molar-refractivity contribution in [1.82, 2.24) is 10.9 Å². The quantitative estimate of drug-likeness (QED) is 0.531. The molecule has 2 aromatic rings. The molecule has 2 aromatic carbocycles. The molecule has 28 heavy (non-hydrogen) atoms. The van der Waals surface area contributed by atoms with Crippen molar-refractivity contribution in [2.24, 2.45) is 5.92 Å². The van der Waals surface area contributed by atoms with Gasteiger partial charge in [0, 0.05) is 23.2 Å². The Morgan fingerprint density at radius 1 is 0.964 bits per heavy atom. The van der Waals surface area contributed by atoms with Crippen LogP contribution in [0.15, 0.2) is 54.6 Å². The summed E-state index contributed by atoms with van der Waals surface area (Å²) in [7, 11) is 1.58. The Morgan fingerprint density at radius 3 is 2.25 bits per heavy atom. The SMILES string of the molecule is COc1ccc(/C=C/C(=O)NNC(=O)c2ccc(NC(=O)C3CC3)cc2)cc1. The van der Waals surface area contributed by atoms with Crippen molar-refractivity contribution < 1.29 is 19.1 Å². The number of carbonyl (C=O) groups excluding carboxylic acids is 3. The van der Waals surface area contributed by atoms with Gasteiger partial charge in [0.15, 0.2) is 0 Å². The summed E-state index contributed by atoms with van der Waals surface area (Å²) in [6.45, 7) is 0. The van der Waals surface area contributed by atoms with Gasteiger partial charge < -0.3 is 10.1 Å². The number of hydrogen-bond acceptors (Lipinski definition) is 4. The molecule has 0 spiro atoms. The van der Waals surface area contributed by atoms with Gasteiger partial charge in [-0.05, 0) is 60.9 Å². The zero-order valence-corrected chi connectivity index (χ0v) is 15.4. The Labute approximate surface area is 162 Å². The maximum atomic E-state index is 12.1. The first-order valence-corrected chi connectivity index (χ1v) is 8.88. The third-order valence-corrected chi connectivity index (χ3v) is 4.20. The second-order valence-electron chi connectivity index (χ2n) is 6.39. The Hall–Kier alpha value is -3.61. The van der Waals surface area contributed by atoms with Crippen LogP contribution >= 0.6 is 0 Å². The number of anilines is 1. The molecule has 7 heteroatoms. The molecule has 7 nitrogen and oxygen atoms in total. The van der Waals surface area contributed by atoms with E-state index in [1.165, 1.54) is 6.08 Å². The molecule has 1 fully saturated rings. The van der Waals surface area contributed by atoms with E-state index in [-0.39, 0.29) is 11.8 Å². The summed E-state index contributed by atoms with van der Waals surface area (Å²) in [4.78, 5) is 35.6. The third kappa shape index (κ3) is 5.44. The van der Waals surface area contributed by atoms with Crippen LogP contribution in [0.3, 0.4) is 0 Å². The summed E-state index contributed by atoms with van der Waals surface area (Å²) in [6.07, 6.45) is 4.80. The number of rotatable bonds is 6. The molecule has 0 aromatic heterocycles. The summed E-state index contributed by atoms with van der Waals surface area (Å²) >= 11 is 0. The predicted molar refractivity (Wildman–Crippen MR) is 105 cm³/mol. The molecule has 1 saturated carbocycles. The molecule has 1 aliphatic carbocycles. The van der Waals surface area contributed by atoms with Gasteiger partial charge in [0.05, 0.1) is 7.11 Å². The molecule has 0 radical (unpaired) electrons. The van der Waals surface area contributed by atoms with Crippen molar-refractivity contribution in [3.63, 3.8) is 0 Å². The molecule has 3 N–H and O–H groups in total. The van der Waals surface area contributed by atoms with Gasteiger partial charge in [-0.15, -0.1) is 0 Å². The molecule has 0 atom stereocenters. The fourth-order valence-corrected chi connectivity index (χ4v) is 2.41. The summed E-state index contributed by atoms with van der Waals surface area (Å²) in [5, 5.41) is 2.80. The molecule has 3 amide bonds. The Kier molecular flexibility index (Phi) is 6.06. The summed E-state index contributed by atoms with van der Waals surface area (Å²) in [5.74, 6) is -0.0620. The van der Waals surface area contributed by atoms with Crippen molar-refractivity contribution >= 4 is 29.5 Å². The van der Waals surface area contributed by atoms with Crippen LogP contribution in [0.1, 0.15) is 28.8 Å². The number of methoxy groups -OCH3 is 1. The number of amides is 3. The van der Waals surface area contributed by atoms with Crippen molar-refractivity contribution in [3.8, 4) is 5.75 Å². The third-order valence-electron chi connectivity index (χ3n) is 4.20. The molecule has 0 bridgehead atoms. The molecular formula is C21H21N3O4. The highest BCUT2D eigenvalue weighted by Gasteiger charge is 2.29. The normalized spacial score (nSPS) is 13.0. The fraction of sp³-hybridized carbons (Fsp3) is 0.190. The minimum Gasteiger partial charge on any atom is -0.497 e. The zero-order valence-electron chi connectivity index (χ0n) is 15.4. The summed E-state index contributed by atoms with van der Waals surface area (Å²) < 4.78 is 5.07. The first-order chi connectivity index (χ1) is 13.5. The van der Waals surface area contributed by atoms with Crippen molar-refractivity contribution in [2.75, 3.05) is 12.4 Å². The average molecular weight is 379 g/mol. The largest absolute Gasteiger partial charge is 0.497 e. The number of ether oxygens (including phenoxy) is 1. The summed E-state index contributed by atoms with van der Waals surface area (Å²) in [5.41, 5.74) is 6.50. The first-order valence-electron chi connectivity index (χ1n) is 8.88. The van der Waals surface area contributed by atoms with Crippen LogP contribution in [0.5, 0.6) is 5.75 Å². The second-order valence-corrected chi connectivity index (χ2v) is 6.39. The van der Waals surface area contributed by atoms with Crippen LogP contribution in [0.2, 0.25) is 0 Å². The Morgan fingerprint density at radius 2 is 1.64 bits per heavy atom. The lowest BCUT2D eigenvalue weighted by molar-refractivity contribution is -0.118. The lowest BCUT2D eigenvalue weighted by Gasteiger charge is -2.07. The van der Waals surface area contributed by atoms with Crippen molar-refractivity contribution in [2.45, 2.75) is 12.8 Å². The van der Waals surface area contributed by atoms with E-state index in [2.05, 4.69) is 16.2 Å². The van der Waals surface area contributed by atoms with Gasteiger partial charge in [0.2, 0.25) is 5.91 Å². The van der Waals surface area contributed by atoms with E-state index in [9.17, 15) is 14.4 Å². The standard InChI is InChI=1S/C21H21N3O4/c1-28-18-11-2-14(3-12-18)4-13-19(25)23-24-21(27)16-7-9-17(10-8-16)22-20(26)15-5-6-15/h2-4,7-13,15H,5-6H2,1H3,(H,22,26)(H,23,25)(H,24,27)/b13-4+. The monoisotopic (exact) mass is 379 g/mol. The van der Waals surface area contributed by atoms with E-state index in [0.29, 0.717) is 11.3 Å². The molecular weight excluding hydrogens is 358 g/mol. The lowest BCUT2D eigenvalue weighted by atomic mass is 10.2. The fourth-order valence-electron chi connectivity index (χ4n) is 2.41. The molecule has 0 saturated heterocycles. The van der Waals surface area contributed by atoms with Crippen LogP contribution in [-0.4, -0.2) is 24.8 Å². The van der Waals surface area contributed by atoms with Gasteiger partial charge in [-0.2, -0.15) is 0 Å². The second kappa shape index (κ2) is 8.85. The topological polar surface area (TPSA) is 96.5 Å². The van der Waals surface area contributed by atoms with E-state index in [4.69, 9.17) is 4.74 Å². The Bertz CT molecular complexity index is 885. The lowest BCUT2D eigenvalue weighted by Crippen LogP contribution is -2.40. The van der Waals surface area contributed by atoms with Crippen molar-refractivity contribution in [1.29, 1.82) is 0 Å². The number of nitrogens with one attached hydrogen (secondary N) is 3. The predicted octanol–water partition coefficient (Wildman–Crippen LogP) is 2.52. The van der Waals surface area contributed by atoms with Gasteiger partial charge in [-0.1, -0.05) is 12.1 Å². The van der Waals surface area contributed by atoms with E-state index in [1.807, 2.05) is 12.1 Å². The van der Waals surface area contributed by atoms with Crippen LogP contribution in [0.4, 0.5) is 5.69 Å². The molecule has 0 unspecified atom stereocenters. The minimum absolute atomic E-state index is 0.00751. The van der Waals surface area contributed by atoms with E-state index >= 15 is 0 Å². The number of carbonyl (C=O) groups is 3. The maximum Gasteiger partial charge on any atom is 0.269 e. The smallest absolute Gasteiger partial charge is 0.269 e. The highest BCUT2D eigenvalue weighted by atomic mass is 16.5. The van der Waals surface area contributed by atoms with Gasteiger partial charge >= 0.3 is 0 Å². The number of hydrazine groups is 1. The van der Waals surface area contributed by atoms with Gasteiger partial charge in [0.1, 0.15) is 5.75 Å². The van der Waals surface area contributed by atoms with Crippen LogP contribution in [-0.2, 0) is 9.59 Å². The minimum atomic E-state index is -0.461. The number of hydrogen-bond donors (Lipinski definition) is 3. The molecule has 3 rings (SSSR count). The Balaban J connectivity index is 1.46. The van der Waals surface area contributed by atoms with Crippen LogP contribution in [0.25, 0.3) is 6.08 Å². The summed E-state index contributed by atoms with van der Waals surface area (Å²) in [6, 6.07) is 13.7. The average Bonchev–Trinajstić information content (AvgIpc) is 3.57. The van der Waals surface area contributed by atoms with E-state index < -0.39 is 11.8 Å². The zero-order chi connectivity index (χ0) is 19.9. The maximum absolute atomic E-state index is 12.1. The van der Waals surface area contributed by atoms with Crippen LogP contribution < -0.4 is 20.9 Å². The van der Waals surface area contributed by atoms with Crippen LogP contribution in [0, 0.1) is 5.92 Å². The van der Waals surface area contributed by atoms with Gasteiger partial charge in [-0.3, -0.25) is 25.2 Å². The highest BCUT2D eigenvalue weighted by molar-refractivity contribution is 5.99. The molecule has 144 valence electrons. The van der Waals surface area contributed by atoms with E-state index in [0.717, 1.165) is 24.2 Å². The highest BCUT2D eigenvalue weighted by Crippen LogP contribution is 2.30. The van der Waals surface area contributed by atoms with Gasteiger partial charge in [-0.25, -0.2) is 0 Å². The van der Waals surface area contributed by atoms with Gasteiger partial charge in [0.25, 0.3) is 11.8 Å².